The number of benzene rings is 1. The van der Waals surface area contributed by atoms with Gasteiger partial charge in [0, 0.05) is 17.3 Å². The molecule has 1 heterocycles. The zero-order valence-electron chi connectivity index (χ0n) is 10.2. The van der Waals surface area contributed by atoms with Crippen molar-refractivity contribution in [2.45, 2.75) is 11.1 Å². The van der Waals surface area contributed by atoms with Gasteiger partial charge < -0.3 is 0 Å². The molecule has 0 saturated heterocycles. The molecule has 0 atom stereocenters. The van der Waals surface area contributed by atoms with E-state index in [2.05, 4.69) is 9.71 Å². The second kappa shape index (κ2) is 5.53. The van der Waals surface area contributed by atoms with Gasteiger partial charge in [0.2, 0.25) is 0 Å². The Hall–Kier alpha value is -1.80. The van der Waals surface area contributed by atoms with Crippen molar-refractivity contribution in [1.82, 2.24) is 4.98 Å². The van der Waals surface area contributed by atoms with Crippen LogP contribution < -0.4 is 4.72 Å². The average Bonchev–Trinajstić information content (AvgIpc) is 2.37. The lowest BCUT2D eigenvalue weighted by molar-refractivity contribution is -0.137. The van der Waals surface area contributed by atoms with E-state index in [9.17, 15) is 21.6 Å². The third kappa shape index (κ3) is 3.85. The van der Waals surface area contributed by atoms with E-state index >= 15 is 0 Å². The standard InChI is InChI=1S/C12H8ClF3N2O2S/c13-9-4-5-17-11(7-9)18-21(19,20)10-3-1-2-8(6-10)12(14,15)16/h1-7H,(H,17,18). The number of nitrogens with one attached hydrogen (secondary N) is 1. The Labute approximate surface area is 123 Å². The van der Waals surface area contributed by atoms with Gasteiger partial charge in [0.15, 0.2) is 0 Å². The summed E-state index contributed by atoms with van der Waals surface area (Å²) >= 11 is 5.68. The van der Waals surface area contributed by atoms with E-state index in [0.717, 1.165) is 18.2 Å². The maximum Gasteiger partial charge on any atom is 0.416 e. The van der Waals surface area contributed by atoms with Crippen molar-refractivity contribution in [1.29, 1.82) is 0 Å². The third-order valence-corrected chi connectivity index (χ3v) is 4.02. The van der Waals surface area contributed by atoms with Gasteiger partial charge in [-0.3, -0.25) is 4.72 Å². The van der Waals surface area contributed by atoms with Crippen LogP contribution in [0, 0.1) is 0 Å². The number of sulfonamides is 1. The minimum Gasteiger partial charge on any atom is -0.263 e. The molecule has 0 saturated carbocycles. The fourth-order valence-electron chi connectivity index (χ4n) is 1.50. The summed E-state index contributed by atoms with van der Waals surface area (Å²) < 4.78 is 63.9. The van der Waals surface area contributed by atoms with Crippen LogP contribution in [-0.2, 0) is 16.2 Å². The molecule has 1 aromatic heterocycles. The van der Waals surface area contributed by atoms with Gasteiger partial charge in [-0.05, 0) is 24.3 Å². The predicted octanol–water partition coefficient (Wildman–Crippen LogP) is 3.55. The summed E-state index contributed by atoms with van der Waals surface area (Å²) in [5.74, 6) is -0.0834. The van der Waals surface area contributed by atoms with Crippen LogP contribution in [0.3, 0.4) is 0 Å². The van der Waals surface area contributed by atoms with E-state index in [1.807, 2.05) is 0 Å². The molecule has 2 aromatic rings. The van der Waals surface area contributed by atoms with Gasteiger partial charge in [0.25, 0.3) is 10.0 Å². The minimum absolute atomic E-state index is 0.0834. The molecular weight excluding hydrogens is 329 g/mol. The number of rotatable bonds is 3. The monoisotopic (exact) mass is 336 g/mol. The fraction of sp³-hybridized carbons (Fsp3) is 0.0833. The number of aromatic nitrogens is 1. The van der Waals surface area contributed by atoms with E-state index in [1.54, 1.807) is 0 Å². The maximum absolute atomic E-state index is 12.6. The van der Waals surface area contributed by atoms with Crippen molar-refractivity contribution < 1.29 is 21.6 Å². The van der Waals surface area contributed by atoms with Gasteiger partial charge in [-0.2, -0.15) is 13.2 Å². The molecule has 0 aliphatic heterocycles. The molecule has 0 fully saturated rings. The molecule has 112 valence electrons. The fourth-order valence-corrected chi connectivity index (χ4v) is 2.70. The van der Waals surface area contributed by atoms with Crippen LogP contribution in [0.4, 0.5) is 19.0 Å². The van der Waals surface area contributed by atoms with E-state index < -0.39 is 26.7 Å². The van der Waals surface area contributed by atoms with Gasteiger partial charge in [-0.1, -0.05) is 17.7 Å². The van der Waals surface area contributed by atoms with Gasteiger partial charge in [0.1, 0.15) is 5.82 Å². The smallest absolute Gasteiger partial charge is 0.263 e. The summed E-state index contributed by atoms with van der Waals surface area (Å²) in [5, 5.41) is 0.242. The van der Waals surface area contributed by atoms with Crippen LogP contribution in [0.25, 0.3) is 0 Å². The molecule has 9 heteroatoms. The SMILES string of the molecule is O=S(=O)(Nc1cc(Cl)ccn1)c1cccc(C(F)(F)F)c1. The first-order valence-electron chi connectivity index (χ1n) is 5.50. The molecule has 0 spiro atoms. The highest BCUT2D eigenvalue weighted by atomic mass is 35.5. The number of halogens is 4. The lowest BCUT2D eigenvalue weighted by Crippen LogP contribution is -2.15. The van der Waals surface area contributed by atoms with Gasteiger partial charge in [-0.15, -0.1) is 0 Å². The maximum atomic E-state index is 12.6. The van der Waals surface area contributed by atoms with Crippen LogP contribution in [0.15, 0.2) is 47.5 Å². The predicted molar refractivity (Wildman–Crippen MR) is 71.5 cm³/mol. The largest absolute Gasteiger partial charge is 0.416 e. The molecule has 0 amide bonds. The Morgan fingerprint density at radius 2 is 1.86 bits per heavy atom. The molecule has 2 rings (SSSR count). The quantitative estimate of drug-likeness (QED) is 0.932. The zero-order chi connectivity index (χ0) is 15.7. The first-order valence-corrected chi connectivity index (χ1v) is 7.36. The summed E-state index contributed by atoms with van der Waals surface area (Å²) in [6.07, 6.45) is -3.36. The Morgan fingerprint density at radius 1 is 1.14 bits per heavy atom. The van der Waals surface area contributed by atoms with Crippen molar-refractivity contribution in [3.05, 3.63) is 53.2 Å². The molecule has 1 N–H and O–H groups in total. The Bertz CT molecular complexity index is 763. The normalized spacial score (nSPS) is 12.2. The highest BCUT2D eigenvalue weighted by Gasteiger charge is 2.31. The van der Waals surface area contributed by atoms with Gasteiger partial charge in [-0.25, -0.2) is 13.4 Å². The summed E-state index contributed by atoms with van der Waals surface area (Å²) in [4.78, 5) is 3.21. The summed E-state index contributed by atoms with van der Waals surface area (Å²) in [6, 6.07) is 6.09. The van der Waals surface area contributed by atoms with E-state index in [0.29, 0.717) is 6.07 Å². The summed E-state index contributed by atoms with van der Waals surface area (Å²) in [6.45, 7) is 0. The minimum atomic E-state index is -4.63. The van der Waals surface area contributed by atoms with Crippen LogP contribution in [0.2, 0.25) is 5.02 Å². The van der Waals surface area contributed by atoms with Gasteiger partial charge >= 0.3 is 6.18 Å². The zero-order valence-corrected chi connectivity index (χ0v) is 11.8. The average molecular weight is 337 g/mol. The Kier molecular flexibility index (Phi) is 4.11. The molecule has 0 aliphatic carbocycles. The first-order chi connectivity index (χ1) is 9.68. The number of hydrogen-bond donors (Lipinski definition) is 1. The summed E-state index contributed by atoms with van der Waals surface area (Å²) in [7, 11) is -4.18. The highest BCUT2D eigenvalue weighted by molar-refractivity contribution is 7.92. The Balaban J connectivity index is 2.36. The molecule has 21 heavy (non-hydrogen) atoms. The molecule has 0 bridgehead atoms. The van der Waals surface area contributed by atoms with E-state index in [-0.39, 0.29) is 10.8 Å². The lowest BCUT2D eigenvalue weighted by Gasteiger charge is -2.10. The van der Waals surface area contributed by atoms with Crippen molar-refractivity contribution in [3.63, 3.8) is 0 Å². The molecule has 0 unspecified atom stereocenters. The number of pyridine rings is 1. The molecular formula is C12H8ClF3N2O2S. The second-order valence-electron chi connectivity index (χ2n) is 3.99. The second-order valence-corrected chi connectivity index (χ2v) is 6.11. The number of alkyl halides is 3. The van der Waals surface area contributed by atoms with Crippen molar-refractivity contribution in [2.24, 2.45) is 0 Å². The van der Waals surface area contributed by atoms with Crippen LogP contribution in [-0.4, -0.2) is 13.4 Å². The number of anilines is 1. The third-order valence-electron chi connectivity index (χ3n) is 2.43. The van der Waals surface area contributed by atoms with Crippen LogP contribution in [0.5, 0.6) is 0 Å². The topological polar surface area (TPSA) is 59.1 Å². The lowest BCUT2D eigenvalue weighted by atomic mass is 10.2. The molecule has 1 aromatic carbocycles. The van der Waals surface area contributed by atoms with E-state index in [1.165, 1.54) is 18.3 Å². The first kappa shape index (κ1) is 15.6. The molecule has 0 aliphatic rings. The number of nitrogens with zero attached hydrogens (tertiary/aromatic N) is 1. The molecule has 4 nitrogen and oxygen atoms in total. The van der Waals surface area contributed by atoms with Crippen molar-refractivity contribution in [2.75, 3.05) is 4.72 Å². The highest BCUT2D eigenvalue weighted by Crippen LogP contribution is 2.30. The summed E-state index contributed by atoms with van der Waals surface area (Å²) in [5.41, 5.74) is -1.05. The van der Waals surface area contributed by atoms with E-state index in [4.69, 9.17) is 11.6 Å². The Morgan fingerprint density at radius 3 is 2.48 bits per heavy atom. The van der Waals surface area contributed by atoms with Crippen LogP contribution in [0.1, 0.15) is 5.56 Å². The van der Waals surface area contributed by atoms with Gasteiger partial charge in [0.05, 0.1) is 10.5 Å². The number of hydrogen-bond acceptors (Lipinski definition) is 3. The molecule has 0 radical (unpaired) electrons. The van der Waals surface area contributed by atoms with Crippen molar-refractivity contribution >= 4 is 27.4 Å². The van der Waals surface area contributed by atoms with Crippen molar-refractivity contribution in [3.8, 4) is 0 Å². The van der Waals surface area contributed by atoms with Crippen LogP contribution >= 0.6 is 11.6 Å².